The summed E-state index contributed by atoms with van der Waals surface area (Å²) >= 11 is 4.55. The van der Waals surface area contributed by atoms with Crippen LogP contribution in [0.5, 0.6) is 0 Å². The quantitative estimate of drug-likeness (QED) is 0.895. The summed E-state index contributed by atoms with van der Waals surface area (Å²) in [6.07, 6.45) is 0. The van der Waals surface area contributed by atoms with E-state index in [1.807, 2.05) is 13.8 Å². The predicted octanol–water partition coefficient (Wildman–Crippen LogP) is 1.88. The minimum Gasteiger partial charge on any atom is -0.314 e. The number of piperazine rings is 1. The Morgan fingerprint density at radius 3 is 2.47 bits per heavy atom. The Bertz CT molecular complexity index is 490. The maximum atomic E-state index is 12.6. The van der Waals surface area contributed by atoms with E-state index in [1.54, 1.807) is 15.8 Å². The van der Waals surface area contributed by atoms with Gasteiger partial charge in [0, 0.05) is 29.6 Å². The molecule has 1 aromatic heterocycles. The standard InChI is InChI=1S/C10H15BrN2O2S2/c1-7-5-12-6-8(2)13(7)17(14,15)10-9(11)3-4-16-10/h3-4,7-8,12H,5-6H2,1-2H3. The first-order valence-electron chi connectivity index (χ1n) is 5.42. The molecule has 0 radical (unpaired) electrons. The molecule has 0 aromatic carbocycles. The van der Waals surface area contributed by atoms with Crippen molar-refractivity contribution in [3.8, 4) is 0 Å². The number of thiophene rings is 1. The lowest BCUT2D eigenvalue weighted by Crippen LogP contribution is -2.56. The van der Waals surface area contributed by atoms with Crippen molar-refractivity contribution in [2.75, 3.05) is 13.1 Å². The molecule has 2 rings (SSSR count). The normalized spacial score (nSPS) is 27.2. The fourth-order valence-electron chi connectivity index (χ4n) is 2.15. The fourth-order valence-corrected chi connectivity index (χ4v) is 6.37. The van der Waals surface area contributed by atoms with Crippen LogP contribution in [0.2, 0.25) is 0 Å². The molecule has 0 amide bonds. The number of hydrogen-bond donors (Lipinski definition) is 1. The maximum Gasteiger partial charge on any atom is 0.254 e. The number of hydrogen-bond acceptors (Lipinski definition) is 4. The number of nitrogens with zero attached hydrogens (tertiary/aromatic N) is 1. The number of sulfonamides is 1. The van der Waals surface area contributed by atoms with Gasteiger partial charge in [-0.1, -0.05) is 0 Å². The Hall–Kier alpha value is 0.0500. The molecule has 0 saturated carbocycles. The summed E-state index contributed by atoms with van der Waals surface area (Å²) in [5.74, 6) is 0. The van der Waals surface area contributed by atoms with Crippen molar-refractivity contribution < 1.29 is 8.42 Å². The predicted molar refractivity (Wildman–Crippen MR) is 72.8 cm³/mol. The highest BCUT2D eigenvalue weighted by molar-refractivity contribution is 9.10. The molecule has 96 valence electrons. The van der Waals surface area contributed by atoms with Crippen molar-refractivity contribution in [3.05, 3.63) is 15.9 Å². The van der Waals surface area contributed by atoms with Crippen LogP contribution in [-0.4, -0.2) is 37.9 Å². The van der Waals surface area contributed by atoms with E-state index in [1.165, 1.54) is 11.3 Å². The SMILES string of the molecule is CC1CNCC(C)N1S(=O)(=O)c1sccc1Br. The van der Waals surface area contributed by atoms with Crippen LogP contribution in [0, 0.1) is 0 Å². The van der Waals surface area contributed by atoms with Crippen molar-refractivity contribution in [3.63, 3.8) is 0 Å². The molecular weight excluding hydrogens is 324 g/mol. The van der Waals surface area contributed by atoms with Crippen molar-refractivity contribution in [1.29, 1.82) is 0 Å². The molecule has 1 aliphatic heterocycles. The molecule has 2 heterocycles. The third-order valence-electron chi connectivity index (χ3n) is 2.84. The minimum absolute atomic E-state index is 0.0160. The first kappa shape index (κ1) is 13.5. The molecule has 1 N–H and O–H groups in total. The van der Waals surface area contributed by atoms with E-state index in [0.717, 1.165) is 0 Å². The second-order valence-electron chi connectivity index (χ2n) is 4.25. The lowest BCUT2D eigenvalue weighted by Gasteiger charge is -2.37. The lowest BCUT2D eigenvalue weighted by atomic mass is 10.2. The molecule has 1 fully saturated rings. The largest absolute Gasteiger partial charge is 0.314 e. The molecule has 0 aliphatic carbocycles. The maximum absolute atomic E-state index is 12.6. The van der Waals surface area contributed by atoms with Crippen LogP contribution in [0.3, 0.4) is 0 Å². The van der Waals surface area contributed by atoms with Crippen molar-refractivity contribution in [1.82, 2.24) is 9.62 Å². The number of rotatable bonds is 2. The number of halogens is 1. The van der Waals surface area contributed by atoms with Gasteiger partial charge >= 0.3 is 0 Å². The highest BCUT2D eigenvalue weighted by atomic mass is 79.9. The molecule has 2 atom stereocenters. The number of nitrogens with one attached hydrogen (secondary N) is 1. The average Bonchev–Trinajstić information content (AvgIpc) is 2.64. The molecule has 1 aromatic rings. The Kier molecular flexibility index (Phi) is 3.94. The molecule has 4 nitrogen and oxygen atoms in total. The Balaban J connectivity index is 2.41. The Morgan fingerprint density at radius 2 is 2.00 bits per heavy atom. The topological polar surface area (TPSA) is 49.4 Å². The van der Waals surface area contributed by atoms with Crippen molar-refractivity contribution in [2.45, 2.75) is 30.1 Å². The van der Waals surface area contributed by atoms with E-state index in [-0.39, 0.29) is 12.1 Å². The van der Waals surface area contributed by atoms with E-state index < -0.39 is 10.0 Å². The van der Waals surface area contributed by atoms with E-state index >= 15 is 0 Å². The van der Waals surface area contributed by atoms with Gasteiger partial charge in [-0.15, -0.1) is 11.3 Å². The molecular formula is C10H15BrN2O2S2. The third-order valence-corrected chi connectivity index (χ3v) is 7.62. The highest BCUT2D eigenvalue weighted by Crippen LogP contribution is 2.32. The van der Waals surface area contributed by atoms with E-state index in [9.17, 15) is 8.42 Å². The van der Waals surface area contributed by atoms with E-state index in [2.05, 4.69) is 21.2 Å². The van der Waals surface area contributed by atoms with Crippen LogP contribution in [-0.2, 0) is 10.0 Å². The monoisotopic (exact) mass is 338 g/mol. The summed E-state index contributed by atoms with van der Waals surface area (Å²) in [6.45, 7) is 5.27. The second kappa shape index (κ2) is 4.97. The summed E-state index contributed by atoms with van der Waals surface area (Å²) in [7, 11) is -3.38. The zero-order valence-corrected chi connectivity index (χ0v) is 12.9. The molecule has 17 heavy (non-hydrogen) atoms. The van der Waals surface area contributed by atoms with Crippen molar-refractivity contribution >= 4 is 37.3 Å². The first-order valence-corrected chi connectivity index (χ1v) is 8.53. The van der Waals surface area contributed by atoms with Crippen LogP contribution in [0.25, 0.3) is 0 Å². The molecule has 1 aliphatic rings. The van der Waals surface area contributed by atoms with Gasteiger partial charge in [-0.25, -0.2) is 8.42 Å². The van der Waals surface area contributed by atoms with E-state index in [0.29, 0.717) is 21.8 Å². The molecule has 2 unspecified atom stereocenters. The van der Waals surface area contributed by atoms with E-state index in [4.69, 9.17) is 0 Å². The zero-order chi connectivity index (χ0) is 12.6. The summed E-state index contributed by atoms with van der Waals surface area (Å²) in [5.41, 5.74) is 0. The Labute approximate surface area is 114 Å². The summed E-state index contributed by atoms with van der Waals surface area (Å²) in [6, 6.07) is 1.74. The molecule has 7 heteroatoms. The Morgan fingerprint density at radius 1 is 1.41 bits per heavy atom. The van der Waals surface area contributed by atoms with Gasteiger partial charge < -0.3 is 5.32 Å². The summed E-state index contributed by atoms with van der Waals surface area (Å²) in [5, 5.41) is 5.02. The minimum atomic E-state index is -3.38. The average molecular weight is 339 g/mol. The van der Waals surface area contributed by atoms with Crippen LogP contribution in [0.1, 0.15) is 13.8 Å². The van der Waals surface area contributed by atoms with Gasteiger partial charge in [0.1, 0.15) is 4.21 Å². The zero-order valence-electron chi connectivity index (χ0n) is 9.68. The second-order valence-corrected chi connectivity index (χ2v) is 8.06. The summed E-state index contributed by atoms with van der Waals surface area (Å²) < 4.78 is 27.8. The first-order chi connectivity index (χ1) is 7.94. The van der Waals surface area contributed by atoms with Gasteiger partial charge in [0.15, 0.2) is 0 Å². The van der Waals surface area contributed by atoms with Crippen LogP contribution in [0.4, 0.5) is 0 Å². The van der Waals surface area contributed by atoms with Gasteiger partial charge in [0.05, 0.1) is 0 Å². The fraction of sp³-hybridized carbons (Fsp3) is 0.600. The van der Waals surface area contributed by atoms with Crippen molar-refractivity contribution in [2.24, 2.45) is 0 Å². The third kappa shape index (κ3) is 2.44. The van der Waals surface area contributed by atoms with Gasteiger partial charge in [0.25, 0.3) is 10.0 Å². The summed E-state index contributed by atoms with van der Waals surface area (Å²) in [4.78, 5) is 0. The highest BCUT2D eigenvalue weighted by Gasteiger charge is 2.37. The lowest BCUT2D eigenvalue weighted by molar-refractivity contribution is 0.220. The van der Waals surface area contributed by atoms with Crippen LogP contribution >= 0.6 is 27.3 Å². The smallest absolute Gasteiger partial charge is 0.254 e. The molecule has 0 spiro atoms. The van der Waals surface area contributed by atoms with Gasteiger partial charge in [-0.05, 0) is 41.2 Å². The van der Waals surface area contributed by atoms with Crippen LogP contribution in [0.15, 0.2) is 20.1 Å². The van der Waals surface area contributed by atoms with Crippen LogP contribution < -0.4 is 5.32 Å². The van der Waals surface area contributed by atoms with Gasteiger partial charge in [0.2, 0.25) is 0 Å². The molecule has 1 saturated heterocycles. The van der Waals surface area contributed by atoms with Gasteiger partial charge in [-0.2, -0.15) is 4.31 Å². The van der Waals surface area contributed by atoms with Gasteiger partial charge in [-0.3, -0.25) is 0 Å². The molecule has 0 bridgehead atoms.